The Morgan fingerprint density at radius 3 is 2.59 bits per heavy atom. The molecule has 0 heterocycles. The standard InChI is InChI=1S/C15H32N2/c1-4-5-6-7-8-14(12-16)17-13-9-10-15(2,3)11-13/h13-14,17H,4-12,16H2,1-3H3. The van der Waals surface area contributed by atoms with Crippen molar-refractivity contribution < 1.29 is 0 Å². The molecule has 1 aliphatic carbocycles. The summed E-state index contributed by atoms with van der Waals surface area (Å²) in [4.78, 5) is 0. The van der Waals surface area contributed by atoms with Crippen molar-refractivity contribution in [3.05, 3.63) is 0 Å². The molecule has 1 saturated carbocycles. The van der Waals surface area contributed by atoms with Crippen LogP contribution in [-0.2, 0) is 0 Å². The summed E-state index contributed by atoms with van der Waals surface area (Å²) in [6.45, 7) is 7.82. The molecular formula is C15H32N2. The molecule has 2 atom stereocenters. The highest BCUT2D eigenvalue weighted by Crippen LogP contribution is 2.37. The van der Waals surface area contributed by atoms with Crippen molar-refractivity contribution in [2.24, 2.45) is 11.1 Å². The van der Waals surface area contributed by atoms with Crippen LogP contribution < -0.4 is 11.1 Å². The van der Waals surface area contributed by atoms with E-state index in [1.807, 2.05) is 0 Å². The predicted octanol–water partition coefficient (Wildman–Crippen LogP) is 3.45. The lowest BCUT2D eigenvalue weighted by atomic mass is 9.91. The molecular weight excluding hydrogens is 208 g/mol. The average Bonchev–Trinajstić information content (AvgIpc) is 2.62. The van der Waals surface area contributed by atoms with Crippen LogP contribution in [0.1, 0.15) is 72.1 Å². The molecule has 1 fully saturated rings. The molecule has 3 N–H and O–H groups in total. The second-order valence-corrected chi connectivity index (χ2v) is 6.55. The van der Waals surface area contributed by atoms with Crippen LogP contribution in [0, 0.1) is 5.41 Å². The van der Waals surface area contributed by atoms with E-state index in [0.29, 0.717) is 17.5 Å². The zero-order valence-corrected chi connectivity index (χ0v) is 12.1. The van der Waals surface area contributed by atoms with Crippen LogP contribution in [-0.4, -0.2) is 18.6 Å². The first-order chi connectivity index (χ1) is 8.07. The Morgan fingerprint density at radius 1 is 1.29 bits per heavy atom. The van der Waals surface area contributed by atoms with Gasteiger partial charge in [0.15, 0.2) is 0 Å². The maximum atomic E-state index is 5.87. The molecule has 0 aromatic heterocycles. The van der Waals surface area contributed by atoms with Gasteiger partial charge in [-0.25, -0.2) is 0 Å². The Labute approximate surface area is 108 Å². The Morgan fingerprint density at radius 2 is 2.06 bits per heavy atom. The van der Waals surface area contributed by atoms with Gasteiger partial charge in [0, 0.05) is 18.6 Å². The lowest BCUT2D eigenvalue weighted by Gasteiger charge is -2.23. The number of nitrogens with one attached hydrogen (secondary N) is 1. The summed E-state index contributed by atoms with van der Waals surface area (Å²) in [6, 6.07) is 1.26. The van der Waals surface area contributed by atoms with Crippen molar-refractivity contribution in [3.63, 3.8) is 0 Å². The summed E-state index contributed by atoms with van der Waals surface area (Å²) in [7, 11) is 0. The Kier molecular flexibility index (Phi) is 6.50. The minimum absolute atomic E-state index is 0.541. The van der Waals surface area contributed by atoms with Gasteiger partial charge in [-0.2, -0.15) is 0 Å². The van der Waals surface area contributed by atoms with E-state index in [2.05, 4.69) is 26.1 Å². The summed E-state index contributed by atoms with van der Waals surface area (Å²) in [6.07, 6.45) is 10.6. The third kappa shape index (κ3) is 5.87. The minimum Gasteiger partial charge on any atom is -0.329 e. The largest absolute Gasteiger partial charge is 0.329 e. The highest BCUT2D eigenvalue weighted by Gasteiger charge is 2.31. The number of rotatable bonds is 8. The van der Waals surface area contributed by atoms with Crippen molar-refractivity contribution in [3.8, 4) is 0 Å². The second kappa shape index (κ2) is 7.38. The molecule has 0 bridgehead atoms. The summed E-state index contributed by atoms with van der Waals surface area (Å²) >= 11 is 0. The molecule has 0 aromatic carbocycles. The SMILES string of the molecule is CCCCCCC(CN)NC1CCC(C)(C)C1. The van der Waals surface area contributed by atoms with Gasteiger partial charge in [0.1, 0.15) is 0 Å². The molecule has 102 valence electrons. The molecule has 2 heteroatoms. The Balaban J connectivity index is 2.18. The van der Waals surface area contributed by atoms with Crippen molar-refractivity contribution >= 4 is 0 Å². The number of unbranched alkanes of at least 4 members (excludes halogenated alkanes) is 3. The fourth-order valence-electron chi connectivity index (χ4n) is 3.00. The molecule has 2 unspecified atom stereocenters. The van der Waals surface area contributed by atoms with Crippen LogP contribution in [0.4, 0.5) is 0 Å². The van der Waals surface area contributed by atoms with Crippen molar-refractivity contribution in [2.75, 3.05) is 6.54 Å². The monoisotopic (exact) mass is 240 g/mol. The quantitative estimate of drug-likeness (QED) is 0.638. The molecule has 1 aliphatic rings. The molecule has 0 saturated heterocycles. The summed E-state index contributed by atoms with van der Waals surface area (Å²) in [5, 5.41) is 3.77. The zero-order valence-electron chi connectivity index (χ0n) is 12.1. The normalized spacial score (nSPS) is 25.1. The van der Waals surface area contributed by atoms with Crippen LogP contribution in [0.2, 0.25) is 0 Å². The second-order valence-electron chi connectivity index (χ2n) is 6.55. The highest BCUT2D eigenvalue weighted by atomic mass is 15.0. The van der Waals surface area contributed by atoms with E-state index in [0.717, 1.165) is 6.54 Å². The van der Waals surface area contributed by atoms with Crippen LogP contribution in [0.5, 0.6) is 0 Å². The molecule has 1 rings (SSSR count). The van der Waals surface area contributed by atoms with Gasteiger partial charge in [0.05, 0.1) is 0 Å². The van der Waals surface area contributed by atoms with E-state index < -0.39 is 0 Å². The summed E-state index contributed by atoms with van der Waals surface area (Å²) < 4.78 is 0. The molecule has 17 heavy (non-hydrogen) atoms. The lowest BCUT2D eigenvalue weighted by molar-refractivity contribution is 0.345. The summed E-state index contributed by atoms with van der Waals surface area (Å²) in [5.41, 5.74) is 6.41. The lowest BCUT2D eigenvalue weighted by Crippen LogP contribution is -2.42. The molecule has 0 aliphatic heterocycles. The van der Waals surface area contributed by atoms with Crippen molar-refractivity contribution in [1.82, 2.24) is 5.32 Å². The van der Waals surface area contributed by atoms with Gasteiger partial charge in [-0.05, 0) is 31.1 Å². The maximum Gasteiger partial charge on any atom is 0.0192 e. The van der Waals surface area contributed by atoms with E-state index in [9.17, 15) is 0 Å². The maximum absolute atomic E-state index is 5.87. The van der Waals surface area contributed by atoms with E-state index in [1.165, 1.54) is 51.4 Å². The van der Waals surface area contributed by atoms with E-state index >= 15 is 0 Å². The van der Waals surface area contributed by atoms with Crippen LogP contribution in [0.15, 0.2) is 0 Å². The molecule has 2 nitrogen and oxygen atoms in total. The molecule has 0 amide bonds. The zero-order chi connectivity index (χ0) is 12.7. The van der Waals surface area contributed by atoms with Gasteiger partial charge in [-0.3, -0.25) is 0 Å². The van der Waals surface area contributed by atoms with Crippen molar-refractivity contribution in [1.29, 1.82) is 0 Å². The van der Waals surface area contributed by atoms with Gasteiger partial charge >= 0.3 is 0 Å². The fraction of sp³-hybridized carbons (Fsp3) is 1.00. The van der Waals surface area contributed by atoms with E-state index in [-0.39, 0.29) is 0 Å². The van der Waals surface area contributed by atoms with Crippen LogP contribution >= 0.6 is 0 Å². The van der Waals surface area contributed by atoms with E-state index in [4.69, 9.17) is 5.73 Å². The van der Waals surface area contributed by atoms with Gasteiger partial charge in [0.2, 0.25) is 0 Å². The predicted molar refractivity (Wildman–Crippen MR) is 76.2 cm³/mol. The first kappa shape index (κ1) is 15.0. The third-order valence-corrected chi connectivity index (χ3v) is 4.13. The number of hydrogen-bond acceptors (Lipinski definition) is 2. The fourth-order valence-corrected chi connectivity index (χ4v) is 3.00. The van der Waals surface area contributed by atoms with Crippen LogP contribution in [0.3, 0.4) is 0 Å². The first-order valence-electron chi connectivity index (χ1n) is 7.53. The Hall–Kier alpha value is -0.0800. The molecule has 0 radical (unpaired) electrons. The van der Waals surface area contributed by atoms with Gasteiger partial charge in [-0.15, -0.1) is 0 Å². The first-order valence-corrected chi connectivity index (χ1v) is 7.53. The van der Waals surface area contributed by atoms with Gasteiger partial charge < -0.3 is 11.1 Å². The van der Waals surface area contributed by atoms with Crippen LogP contribution in [0.25, 0.3) is 0 Å². The highest BCUT2D eigenvalue weighted by molar-refractivity contribution is 4.88. The number of nitrogens with two attached hydrogens (primary N) is 1. The van der Waals surface area contributed by atoms with Gasteiger partial charge in [-0.1, -0.05) is 46.5 Å². The summed E-state index contributed by atoms with van der Waals surface area (Å²) in [5.74, 6) is 0. The van der Waals surface area contributed by atoms with Gasteiger partial charge in [0.25, 0.3) is 0 Å². The molecule has 0 aromatic rings. The smallest absolute Gasteiger partial charge is 0.0192 e. The minimum atomic E-state index is 0.541. The topological polar surface area (TPSA) is 38.0 Å². The Bertz CT molecular complexity index is 201. The third-order valence-electron chi connectivity index (χ3n) is 4.13. The number of hydrogen-bond donors (Lipinski definition) is 2. The van der Waals surface area contributed by atoms with Crippen molar-refractivity contribution in [2.45, 2.75) is 84.2 Å². The average molecular weight is 240 g/mol. The molecule has 0 spiro atoms. The van der Waals surface area contributed by atoms with E-state index in [1.54, 1.807) is 0 Å².